The second kappa shape index (κ2) is 9.61. The van der Waals surface area contributed by atoms with Crippen LogP contribution in [0.4, 0.5) is 0 Å². The standard InChI is InChI=1S/C23H20BrN5O3/c24-19-9-5-4-8-17(19)13-25-21(30)15-29-23(32)28-14-18(10-11-20(28)27-29)22(31)26-12-16-6-2-1-3-7-16/h1-11,14H,12-13,15H2,(H,25,30)(H,26,31). The summed E-state index contributed by atoms with van der Waals surface area (Å²) in [5, 5.41) is 9.79. The first kappa shape index (κ1) is 21.5. The van der Waals surface area contributed by atoms with Crippen molar-refractivity contribution >= 4 is 33.4 Å². The summed E-state index contributed by atoms with van der Waals surface area (Å²) in [6.45, 7) is 0.484. The van der Waals surface area contributed by atoms with Gasteiger partial charge in [-0.3, -0.25) is 9.59 Å². The van der Waals surface area contributed by atoms with Gasteiger partial charge in [-0.05, 0) is 29.3 Å². The molecule has 0 unspecified atom stereocenters. The Morgan fingerprint density at radius 1 is 0.906 bits per heavy atom. The summed E-state index contributed by atoms with van der Waals surface area (Å²) in [5.41, 5.74) is 2.09. The molecule has 0 aliphatic carbocycles. The molecule has 2 aromatic carbocycles. The van der Waals surface area contributed by atoms with Gasteiger partial charge in [0.2, 0.25) is 5.91 Å². The van der Waals surface area contributed by atoms with E-state index < -0.39 is 5.69 Å². The van der Waals surface area contributed by atoms with Crippen molar-refractivity contribution in [3.05, 3.63) is 105 Å². The van der Waals surface area contributed by atoms with Crippen LogP contribution in [0.15, 0.2) is 82.2 Å². The van der Waals surface area contributed by atoms with Crippen LogP contribution < -0.4 is 16.3 Å². The molecule has 0 atom stereocenters. The van der Waals surface area contributed by atoms with Crippen molar-refractivity contribution in [2.45, 2.75) is 19.6 Å². The normalized spacial score (nSPS) is 10.8. The van der Waals surface area contributed by atoms with Gasteiger partial charge in [-0.2, -0.15) is 0 Å². The fraction of sp³-hybridized carbons (Fsp3) is 0.130. The van der Waals surface area contributed by atoms with Gasteiger partial charge >= 0.3 is 5.69 Å². The van der Waals surface area contributed by atoms with Crippen LogP contribution in [-0.4, -0.2) is 26.0 Å². The number of amides is 2. The SMILES string of the molecule is O=C(Cn1nc2ccc(C(=O)NCc3ccccc3)cn2c1=O)NCc1ccccc1Br. The quantitative estimate of drug-likeness (QED) is 0.413. The van der Waals surface area contributed by atoms with E-state index in [4.69, 9.17) is 0 Å². The maximum atomic E-state index is 12.7. The molecule has 0 bridgehead atoms. The molecule has 2 N–H and O–H groups in total. The largest absolute Gasteiger partial charge is 0.350 e. The molecular weight excluding hydrogens is 474 g/mol. The molecule has 0 saturated heterocycles. The van der Waals surface area contributed by atoms with E-state index in [1.54, 1.807) is 12.1 Å². The van der Waals surface area contributed by atoms with Crippen LogP contribution in [0.25, 0.3) is 5.65 Å². The lowest BCUT2D eigenvalue weighted by atomic mass is 10.2. The molecule has 0 spiro atoms. The molecule has 2 heterocycles. The molecule has 162 valence electrons. The van der Waals surface area contributed by atoms with Crippen LogP contribution in [0, 0.1) is 0 Å². The molecule has 0 aliphatic rings. The van der Waals surface area contributed by atoms with Crippen molar-refractivity contribution in [1.82, 2.24) is 24.8 Å². The fourth-order valence-electron chi connectivity index (χ4n) is 3.16. The number of carbonyl (C=O) groups is 2. The van der Waals surface area contributed by atoms with Crippen LogP contribution in [-0.2, 0) is 24.4 Å². The first-order valence-corrected chi connectivity index (χ1v) is 10.7. The van der Waals surface area contributed by atoms with Crippen molar-refractivity contribution in [1.29, 1.82) is 0 Å². The number of hydrogen-bond acceptors (Lipinski definition) is 4. The maximum absolute atomic E-state index is 12.7. The highest BCUT2D eigenvalue weighted by molar-refractivity contribution is 9.10. The van der Waals surface area contributed by atoms with E-state index in [1.807, 2.05) is 54.6 Å². The van der Waals surface area contributed by atoms with Crippen molar-refractivity contribution in [2.24, 2.45) is 0 Å². The van der Waals surface area contributed by atoms with Crippen molar-refractivity contribution in [3.8, 4) is 0 Å². The van der Waals surface area contributed by atoms with Gasteiger partial charge < -0.3 is 10.6 Å². The summed E-state index contributed by atoms with van der Waals surface area (Å²) in [4.78, 5) is 37.5. The Kier molecular flexibility index (Phi) is 6.46. The number of hydrogen-bond donors (Lipinski definition) is 2. The topological polar surface area (TPSA) is 97.5 Å². The Bertz CT molecular complexity index is 1330. The summed E-state index contributed by atoms with van der Waals surface area (Å²) in [6, 6.07) is 20.3. The highest BCUT2D eigenvalue weighted by Gasteiger charge is 2.13. The predicted molar refractivity (Wildman–Crippen MR) is 123 cm³/mol. The third-order valence-corrected chi connectivity index (χ3v) is 5.64. The lowest BCUT2D eigenvalue weighted by Crippen LogP contribution is -2.32. The minimum Gasteiger partial charge on any atom is -0.350 e. The summed E-state index contributed by atoms with van der Waals surface area (Å²) >= 11 is 3.44. The van der Waals surface area contributed by atoms with E-state index in [2.05, 4.69) is 31.7 Å². The Morgan fingerprint density at radius 3 is 2.44 bits per heavy atom. The zero-order valence-corrected chi connectivity index (χ0v) is 18.6. The molecule has 4 rings (SSSR count). The molecule has 9 heteroatoms. The van der Waals surface area contributed by atoms with Gasteiger partial charge in [-0.1, -0.05) is 64.5 Å². The number of nitrogens with one attached hydrogen (secondary N) is 2. The molecule has 2 aromatic heterocycles. The van der Waals surface area contributed by atoms with Crippen LogP contribution in [0.3, 0.4) is 0 Å². The smallest absolute Gasteiger partial charge is 0.350 e. The number of rotatable bonds is 7. The summed E-state index contributed by atoms with van der Waals surface area (Å²) in [6.07, 6.45) is 1.43. The van der Waals surface area contributed by atoms with Gasteiger partial charge in [0.1, 0.15) is 6.54 Å². The van der Waals surface area contributed by atoms with Crippen LogP contribution in [0.1, 0.15) is 21.5 Å². The average Bonchev–Trinajstić information content (AvgIpc) is 3.12. The van der Waals surface area contributed by atoms with E-state index in [9.17, 15) is 14.4 Å². The predicted octanol–water partition coefficient (Wildman–Crippen LogP) is 2.50. The zero-order valence-electron chi connectivity index (χ0n) is 17.0. The molecule has 0 saturated carbocycles. The van der Waals surface area contributed by atoms with Gasteiger partial charge in [0.15, 0.2) is 5.65 Å². The maximum Gasteiger partial charge on any atom is 0.350 e. The Hall–Kier alpha value is -3.72. The zero-order chi connectivity index (χ0) is 22.5. The molecule has 8 nitrogen and oxygen atoms in total. The minimum atomic E-state index is -0.492. The molecule has 32 heavy (non-hydrogen) atoms. The highest BCUT2D eigenvalue weighted by atomic mass is 79.9. The average molecular weight is 494 g/mol. The van der Waals surface area contributed by atoms with E-state index in [0.717, 1.165) is 20.3 Å². The number of carbonyl (C=O) groups excluding carboxylic acids is 2. The van der Waals surface area contributed by atoms with E-state index >= 15 is 0 Å². The number of nitrogens with zero attached hydrogens (tertiary/aromatic N) is 3. The van der Waals surface area contributed by atoms with Gasteiger partial charge in [-0.15, -0.1) is 5.10 Å². The third kappa shape index (κ3) is 4.94. The monoisotopic (exact) mass is 493 g/mol. The lowest BCUT2D eigenvalue weighted by Gasteiger charge is -2.06. The number of benzene rings is 2. The number of halogens is 1. The highest BCUT2D eigenvalue weighted by Crippen LogP contribution is 2.15. The summed E-state index contributed by atoms with van der Waals surface area (Å²) in [7, 11) is 0. The first-order chi connectivity index (χ1) is 15.5. The molecule has 0 fully saturated rings. The lowest BCUT2D eigenvalue weighted by molar-refractivity contribution is -0.122. The van der Waals surface area contributed by atoms with Crippen molar-refractivity contribution < 1.29 is 9.59 Å². The number of aromatic nitrogens is 3. The number of fused-ring (bicyclic) bond motifs is 1. The molecule has 0 radical (unpaired) electrons. The fourth-order valence-corrected chi connectivity index (χ4v) is 3.59. The first-order valence-electron chi connectivity index (χ1n) is 9.93. The van der Waals surface area contributed by atoms with Gasteiger partial charge in [0.05, 0.1) is 5.56 Å². The van der Waals surface area contributed by atoms with E-state index in [-0.39, 0.29) is 18.4 Å². The molecule has 4 aromatic rings. The Morgan fingerprint density at radius 2 is 1.66 bits per heavy atom. The second-order valence-electron chi connectivity index (χ2n) is 7.12. The molecular formula is C23H20BrN5O3. The summed E-state index contributed by atoms with van der Waals surface area (Å²) < 4.78 is 3.23. The third-order valence-electron chi connectivity index (χ3n) is 4.86. The van der Waals surface area contributed by atoms with Gasteiger partial charge in [0.25, 0.3) is 5.91 Å². The Labute approximate surface area is 192 Å². The van der Waals surface area contributed by atoms with Gasteiger partial charge in [-0.25, -0.2) is 13.9 Å². The van der Waals surface area contributed by atoms with Crippen molar-refractivity contribution in [3.63, 3.8) is 0 Å². The Balaban J connectivity index is 1.43. The summed E-state index contributed by atoms with van der Waals surface area (Å²) in [5.74, 6) is -0.645. The van der Waals surface area contributed by atoms with Crippen LogP contribution in [0.2, 0.25) is 0 Å². The van der Waals surface area contributed by atoms with Crippen molar-refractivity contribution in [2.75, 3.05) is 0 Å². The second-order valence-corrected chi connectivity index (χ2v) is 7.98. The van der Waals surface area contributed by atoms with E-state index in [0.29, 0.717) is 24.3 Å². The van der Waals surface area contributed by atoms with E-state index in [1.165, 1.54) is 10.6 Å². The van der Waals surface area contributed by atoms with Gasteiger partial charge in [0, 0.05) is 23.8 Å². The number of pyridine rings is 1. The molecule has 2 amide bonds. The van der Waals surface area contributed by atoms with Crippen LogP contribution >= 0.6 is 15.9 Å². The minimum absolute atomic E-state index is 0.222. The molecule has 0 aliphatic heterocycles. The van der Waals surface area contributed by atoms with Crippen LogP contribution in [0.5, 0.6) is 0 Å².